The minimum absolute atomic E-state index is 0.00726. The van der Waals surface area contributed by atoms with Gasteiger partial charge in [-0.15, -0.1) is 11.3 Å². The van der Waals surface area contributed by atoms with Crippen LogP contribution in [0.15, 0.2) is 60.0 Å². The lowest BCUT2D eigenvalue weighted by Crippen LogP contribution is -2.52. The van der Waals surface area contributed by atoms with Crippen LogP contribution in [0.3, 0.4) is 0 Å². The van der Waals surface area contributed by atoms with Crippen molar-refractivity contribution in [3.63, 3.8) is 0 Å². The zero-order chi connectivity index (χ0) is 21.6. The van der Waals surface area contributed by atoms with Crippen LogP contribution >= 0.6 is 11.3 Å². The molecular weight excluding hydrogens is 408 g/mol. The van der Waals surface area contributed by atoms with Gasteiger partial charge in [0.05, 0.1) is 0 Å². The predicted molar refractivity (Wildman–Crippen MR) is 125 cm³/mol. The number of carbonyl (C=O) groups excluding carboxylic acids is 1. The summed E-state index contributed by atoms with van der Waals surface area (Å²) < 4.78 is 0. The smallest absolute Gasteiger partial charge is 0.319 e. The van der Waals surface area contributed by atoms with Crippen LogP contribution in [-0.4, -0.2) is 46.8 Å². The van der Waals surface area contributed by atoms with Crippen LogP contribution in [0.25, 0.3) is 10.6 Å². The highest BCUT2D eigenvalue weighted by Crippen LogP contribution is 2.26. The van der Waals surface area contributed by atoms with E-state index in [4.69, 9.17) is 0 Å². The molecule has 0 saturated carbocycles. The first-order valence-electron chi connectivity index (χ1n) is 10.6. The molecule has 2 unspecified atom stereocenters. The van der Waals surface area contributed by atoms with Crippen molar-refractivity contribution in [1.29, 1.82) is 0 Å². The Bertz CT molecular complexity index is 1010. The van der Waals surface area contributed by atoms with Crippen molar-refractivity contribution in [2.24, 2.45) is 5.92 Å². The Morgan fingerprint density at radius 3 is 2.81 bits per heavy atom. The summed E-state index contributed by atoms with van der Waals surface area (Å²) in [6, 6.07) is 17.8. The van der Waals surface area contributed by atoms with Crippen LogP contribution in [0.1, 0.15) is 17.7 Å². The van der Waals surface area contributed by atoms with Crippen molar-refractivity contribution in [1.82, 2.24) is 15.2 Å². The van der Waals surface area contributed by atoms with Gasteiger partial charge >= 0.3 is 6.03 Å². The fourth-order valence-corrected chi connectivity index (χ4v) is 4.81. The van der Waals surface area contributed by atoms with Gasteiger partial charge in [0.2, 0.25) is 0 Å². The predicted octanol–water partition coefficient (Wildman–Crippen LogP) is 4.12. The molecular formula is C24H28N4O2S. The molecule has 162 valence electrons. The second-order valence-corrected chi connectivity index (χ2v) is 8.89. The average Bonchev–Trinajstić information content (AvgIpc) is 3.22. The number of urea groups is 1. The second kappa shape index (κ2) is 10.0. The summed E-state index contributed by atoms with van der Waals surface area (Å²) in [5.41, 5.74) is 3.96. The van der Waals surface area contributed by atoms with E-state index in [-0.39, 0.29) is 24.6 Å². The van der Waals surface area contributed by atoms with Gasteiger partial charge < -0.3 is 15.7 Å². The lowest BCUT2D eigenvalue weighted by Gasteiger charge is -2.38. The number of anilines is 1. The van der Waals surface area contributed by atoms with E-state index in [1.54, 1.807) is 11.3 Å². The third-order valence-corrected chi connectivity index (χ3v) is 6.61. The first-order chi connectivity index (χ1) is 15.1. The first-order valence-corrected chi connectivity index (χ1v) is 11.5. The first kappa shape index (κ1) is 21.5. The second-order valence-electron chi connectivity index (χ2n) is 8.03. The molecule has 1 fully saturated rings. The molecule has 2 heterocycles. The molecule has 7 heteroatoms. The number of aliphatic hydroxyl groups excluding tert-OH is 1. The summed E-state index contributed by atoms with van der Waals surface area (Å²) in [6.07, 6.45) is 0.809. The quantitative estimate of drug-likeness (QED) is 0.543. The summed E-state index contributed by atoms with van der Waals surface area (Å²) in [5, 5.41) is 18.9. The molecule has 2 aromatic carbocycles. The Balaban J connectivity index is 1.33. The SMILES string of the molecule is Cc1csc(-c2cccc(NC(=O)NC3CCN(Cc4ccccc4)CC3CO)c2)n1. The zero-order valence-electron chi connectivity index (χ0n) is 17.6. The van der Waals surface area contributed by atoms with Gasteiger partial charge in [-0.2, -0.15) is 0 Å². The Morgan fingerprint density at radius 1 is 1.23 bits per heavy atom. The standard InChI is InChI=1S/C24H28N4O2S/c1-17-16-31-23(25-17)19-8-5-9-21(12-19)26-24(30)27-22-10-11-28(14-20(22)15-29)13-18-6-3-2-4-7-18/h2-9,12,16,20,22,29H,10-11,13-15H2,1H3,(H2,26,27,30). The Labute approximate surface area is 186 Å². The number of thiazole rings is 1. The van der Waals surface area contributed by atoms with Crippen LogP contribution in [-0.2, 0) is 6.54 Å². The maximum atomic E-state index is 12.6. The zero-order valence-corrected chi connectivity index (χ0v) is 18.4. The van der Waals surface area contributed by atoms with E-state index in [1.807, 2.05) is 54.8 Å². The van der Waals surface area contributed by atoms with E-state index in [2.05, 4.69) is 32.7 Å². The lowest BCUT2D eigenvalue weighted by molar-refractivity contribution is 0.0895. The van der Waals surface area contributed by atoms with Gasteiger partial charge in [-0.1, -0.05) is 42.5 Å². The molecule has 1 aromatic heterocycles. The molecule has 2 amide bonds. The summed E-state index contributed by atoms with van der Waals surface area (Å²) in [5.74, 6) is 0.00726. The minimum Gasteiger partial charge on any atom is -0.396 e. The van der Waals surface area contributed by atoms with Gasteiger partial charge in [-0.05, 0) is 31.0 Å². The fourth-order valence-electron chi connectivity index (χ4n) is 4.02. The van der Waals surface area contributed by atoms with Gasteiger partial charge in [-0.3, -0.25) is 4.90 Å². The molecule has 0 bridgehead atoms. The normalized spacial score (nSPS) is 19.2. The lowest BCUT2D eigenvalue weighted by atomic mass is 9.92. The van der Waals surface area contributed by atoms with E-state index in [1.165, 1.54) is 5.56 Å². The van der Waals surface area contributed by atoms with Gasteiger partial charge in [0.1, 0.15) is 5.01 Å². The monoisotopic (exact) mass is 436 g/mol. The van der Waals surface area contributed by atoms with Crippen LogP contribution < -0.4 is 10.6 Å². The molecule has 1 aliphatic heterocycles. The molecule has 31 heavy (non-hydrogen) atoms. The molecule has 1 saturated heterocycles. The Hall–Kier alpha value is -2.74. The molecule has 0 aliphatic carbocycles. The van der Waals surface area contributed by atoms with Gasteiger partial charge in [0.25, 0.3) is 0 Å². The Kier molecular flexibility index (Phi) is 6.96. The number of rotatable bonds is 6. The van der Waals surface area contributed by atoms with E-state index < -0.39 is 0 Å². The Morgan fingerprint density at radius 2 is 2.06 bits per heavy atom. The van der Waals surface area contributed by atoms with E-state index in [0.717, 1.165) is 48.0 Å². The van der Waals surface area contributed by atoms with Gasteiger partial charge in [-0.25, -0.2) is 9.78 Å². The number of carbonyl (C=O) groups is 1. The molecule has 3 aromatic rings. The number of aromatic nitrogens is 1. The van der Waals surface area contributed by atoms with Crippen LogP contribution in [0.5, 0.6) is 0 Å². The number of nitrogens with zero attached hydrogens (tertiary/aromatic N) is 2. The highest BCUT2D eigenvalue weighted by Gasteiger charge is 2.30. The molecule has 0 radical (unpaired) electrons. The summed E-state index contributed by atoms with van der Waals surface area (Å²) in [4.78, 5) is 19.5. The van der Waals surface area contributed by atoms with Gasteiger partial charge in [0.15, 0.2) is 0 Å². The highest BCUT2D eigenvalue weighted by molar-refractivity contribution is 7.13. The summed E-state index contributed by atoms with van der Waals surface area (Å²) >= 11 is 1.59. The van der Waals surface area contributed by atoms with Gasteiger partial charge in [0, 0.05) is 60.5 Å². The van der Waals surface area contributed by atoms with Crippen LogP contribution in [0, 0.1) is 12.8 Å². The van der Waals surface area contributed by atoms with Crippen molar-refractivity contribution >= 4 is 23.1 Å². The molecule has 6 nitrogen and oxygen atoms in total. The number of amides is 2. The third kappa shape index (κ3) is 5.70. The topological polar surface area (TPSA) is 77.5 Å². The third-order valence-electron chi connectivity index (χ3n) is 5.60. The van der Waals surface area contributed by atoms with E-state index >= 15 is 0 Å². The molecule has 3 N–H and O–H groups in total. The molecule has 2 atom stereocenters. The van der Waals surface area contributed by atoms with Crippen molar-refractivity contribution < 1.29 is 9.90 Å². The van der Waals surface area contributed by atoms with Crippen molar-refractivity contribution in [3.05, 3.63) is 71.2 Å². The molecule has 0 spiro atoms. The number of aryl methyl sites for hydroxylation is 1. The summed E-state index contributed by atoms with van der Waals surface area (Å²) in [7, 11) is 0. The number of likely N-dealkylation sites (tertiary alicyclic amines) is 1. The highest BCUT2D eigenvalue weighted by atomic mass is 32.1. The van der Waals surface area contributed by atoms with Crippen molar-refractivity contribution in [3.8, 4) is 10.6 Å². The van der Waals surface area contributed by atoms with E-state index in [9.17, 15) is 9.90 Å². The van der Waals surface area contributed by atoms with E-state index in [0.29, 0.717) is 0 Å². The number of hydrogen-bond donors (Lipinski definition) is 3. The fraction of sp³-hybridized carbons (Fsp3) is 0.333. The number of nitrogens with one attached hydrogen (secondary N) is 2. The minimum atomic E-state index is -0.243. The largest absolute Gasteiger partial charge is 0.396 e. The summed E-state index contributed by atoms with van der Waals surface area (Å²) in [6.45, 7) is 4.52. The maximum Gasteiger partial charge on any atom is 0.319 e. The van der Waals surface area contributed by atoms with Crippen LogP contribution in [0.4, 0.5) is 10.5 Å². The molecule has 4 rings (SSSR count). The van der Waals surface area contributed by atoms with Crippen LogP contribution in [0.2, 0.25) is 0 Å². The maximum absolute atomic E-state index is 12.6. The number of aliphatic hydroxyl groups is 1. The van der Waals surface area contributed by atoms with Crippen molar-refractivity contribution in [2.45, 2.75) is 25.9 Å². The number of hydrogen-bond acceptors (Lipinski definition) is 5. The molecule has 1 aliphatic rings. The average molecular weight is 437 g/mol. The number of benzene rings is 2. The number of piperidine rings is 1. The van der Waals surface area contributed by atoms with Crippen molar-refractivity contribution in [2.75, 3.05) is 25.0 Å².